The van der Waals surface area contributed by atoms with E-state index in [-0.39, 0.29) is 17.2 Å². The molecule has 0 radical (unpaired) electrons. The lowest BCUT2D eigenvalue weighted by Gasteiger charge is -2.01. The molecule has 0 saturated heterocycles. The zero-order valence-electron chi connectivity index (χ0n) is 13.5. The summed E-state index contributed by atoms with van der Waals surface area (Å²) in [6.07, 6.45) is 2.85. The highest BCUT2D eigenvalue weighted by molar-refractivity contribution is 6.07. The van der Waals surface area contributed by atoms with Gasteiger partial charge in [-0.3, -0.25) is 14.9 Å². The Hall–Kier alpha value is -3.41. The number of nitro benzene ring substituents is 1. The van der Waals surface area contributed by atoms with Crippen LogP contribution in [0.2, 0.25) is 0 Å². The van der Waals surface area contributed by atoms with E-state index >= 15 is 0 Å². The number of para-hydroxylation sites is 1. The Bertz CT molecular complexity index is 971. The van der Waals surface area contributed by atoms with Crippen molar-refractivity contribution in [1.29, 1.82) is 0 Å². The zero-order chi connectivity index (χ0) is 17.8. The third-order valence-corrected chi connectivity index (χ3v) is 3.56. The number of hydrogen-bond acceptors (Lipinski definition) is 5. The average molecular weight is 337 g/mol. The number of allylic oxidation sites excluding steroid dienone is 1. The molecule has 3 aromatic rings. The first-order chi connectivity index (χ1) is 12.1. The fraction of sp³-hybridized carbons (Fsp3) is 0.105. The van der Waals surface area contributed by atoms with E-state index in [4.69, 9.17) is 9.15 Å². The van der Waals surface area contributed by atoms with E-state index in [0.29, 0.717) is 23.5 Å². The summed E-state index contributed by atoms with van der Waals surface area (Å²) in [5, 5.41) is 11.6. The second-order valence-electron chi connectivity index (χ2n) is 5.27. The second kappa shape index (κ2) is 7.00. The van der Waals surface area contributed by atoms with E-state index in [1.165, 1.54) is 24.3 Å². The largest absolute Gasteiger partial charge is 0.490 e. The summed E-state index contributed by atoms with van der Waals surface area (Å²) in [4.78, 5) is 22.6. The van der Waals surface area contributed by atoms with Crippen molar-refractivity contribution in [3.8, 4) is 5.75 Å². The van der Waals surface area contributed by atoms with Gasteiger partial charge in [0, 0.05) is 17.5 Å². The highest BCUT2D eigenvalue weighted by atomic mass is 16.6. The molecule has 25 heavy (non-hydrogen) atoms. The lowest BCUT2D eigenvalue weighted by Crippen LogP contribution is -1.92. The second-order valence-corrected chi connectivity index (χ2v) is 5.27. The molecule has 0 aliphatic heterocycles. The van der Waals surface area contributed by atoms with Crippen LogP contribution in [0, 0.1) is 10.1 Å². The number of nitrogens with zero attached hydrogens (tertiary/aromatic N) is 1. The number of ether oxygens (including phenoxy) is 1. The minimum atomic E-state index is -0.479. The van der Waals surface area contributed by atoms with Crippen LogP contribution in [0.4, 0.5) is 5.69 Å². The number of hydrogen-bond donors (Lipinski definition) is 0. The summed E-state index contributed by atoms with van der Waals surface area (Å²) < 4.78 is 11.1. The van der Waals surface area contributed by atoms with Crippen molar-refractivity contribution in [2.45, 2.75) is 6.92 Å². The first-order valence-electron chi connectivity index (χ1n) is 7.70. The third-order valence-electron chi connectivity index (χ3n) is 3.56. The molecule has 0 aliphatic rings. The zero-order valence-corrected chi connectivity index (χ0v) is 13.5. The van der Waals surface area contributed by atoms with Crippen molar-refractivity contribution >= 4 is 28.5 Å². The highest BCUT2D eigenvalue weighted by Gasteiger charge is 2.13. The first-order valence-corrected chi connectivity index (χ1v) is 7.70. The van der Waals surface area contributed by atoms with Gasteiger partial charge in [0.2, 0.25) is 5.78 Å². The number of benzene rings is 2. The quantitative estimate of drug-likeness (QED) is 0.283. The molecule has 0 spiro atoms. The van der Waals surface area contributed by atoms with Gasteiger partial charge in [-0.15, -0.1) is 0 Å². The van der Waals surface area contributed by atoms with Crippen LogP contribution in [-0.4, -0.2) is 17.3 Å². The lowest BCUT2D eigenvalue weighted by molar-refractivity contribution is -0.384. The van der Waals surface area contributed by atoms with Gasteiger partial charge in [0.15, 0.2) is 17.1 Å². The maximum absolute atomic E-state index is 12.3. The number of carbonyl (C=O) groups excluding carboxylic acids is 1. The number of rotatable bonds is 6. The van der Waals surface area contributed by atoms with Gasteiger partial charge >= 0.3 is 0 Å². The van der Waals surface area contributed by atoms with Gasteiger partial charge in [-0.1, -0.05) is 30.3 Å². The van der Waals surface area contributed by atoms with Gasteiger partial charge in [0.05, 0.1) is 11.5 Å². The molecule has 1 heterocycles. The van der Waals surface area contributed by atoms with Crippen molar-refractivity contribution in [1.82, 2.24) is 0 Å². The van der Waals surface area contributed by atoms with Crippen LogP contribution in [0.1, 0.15) is 23.0 Å². The van der Waals surface area contributed by atoms with Crippen molar-refractivity contribution in [3.05, 3.63) is 76.0 Å². The van der Waals surface area contributed by atoms with Crippen molar-refractivity contribution < 1.29 is 18.9 Å². The molecule has 6 heteroatoms. The number of non-ortho nitro benzene ring substituents is 1. The normalized spacial score (nSPS) is 11.1. The molecule has 0 unspecified atom stereocenters. The Morgan fingerprint density at radius 1 is 1.24 bits per heavy atom. The standard InChI is InChI=1S/C19H15NO5/c1-2-24-17-8-4-6-14-12-18(25-19(14)17)16(21)10-9-13-5-3-7-15(11-13)20(22)23/h3-12H,2H2,1H3/b10-9+. The molecule has 0 aliphatic carbocycles. The van der Waals surface area contributed by atoms with Crippen LogP contribution in [0.5, 0.6) is 5.75 Å². The smallest absolute Gasteiger partial charge is 0.270 e. The fourth-order valence-electron chi connectivity index (χ4n) is 2.42. The van der Waals surface area contributed by atoms with E-state index in [1.54, 1.807) is 24.3 Å². The maximum atomic E-state index is 12.3. The van der Waals surface area contributed by atoms with Crippen LogP contribution >= 0.6 is 0 Å². The van der Waals surface area contributed by atoms with Crippen LogP contribution < -0.4 is 4.74 Å². The SMILES string of the molecule is CCOc1cccc2cc(C(=O)/C=C/c3cccc([N+](=O)[O-])c3)oc12. The van der Waals surface area contributed by atoms with Crippen molar-refractivity contribution in [2.75, 3.05) is 6.61 Å². The number of nitro groups is 1. The molecule has 3 rings (SSSR count). The van der Waals surface area contributed by atoms with Gasteiger partial charge in [-0.2, -0.15) is 0 Å². The maximum Gasteiger partial charge on any atom is 0.270 e. The summed E-state index contributed by atoms with van der Waals surface area (Å²) >= 11 is 0. The molecule has 0 bridgehead atoms. The van der Waals surface area contributed by atoms with Gasteiger partial charge in [-0.25, -0.2) is 0 Å². The van der Waals surface area contributed by atoms with Gasteiger partial charge < -0.3 is 9.15 Å². The molecule has 0 amide bonds. The summed E-state index contributed by atoms with van der Waals surface area (Å²) in [5.41, 5.74) is 1.06. The average Bonchev–Trinajstić information content (AvgIpc) is 3.05. The fourth-order valence-corrected chi connectivity index (χ4v) is 2.42. The molecule has 1 aromatic heterocycles. The van der Waals surface area contributed by atoms with Crippen molar-refractivity contribution in [2.24, 2.45) is 0 Å². The number of carbonyl (C=O) groups is 1. The lowest BCUT2D eigenvalue weighted by atomic mass is 10.1. The van der Waals surface area contributed by atoms with E-state index in [1.807, 2.05) is 19.1 Å². The molecule has 0 atom stereocenters. The monoisotopic (exact) mass is 337 g/mol. The Morgan fingerprint density at radius 3 is 2.80 bits per heavy atom. The molecule has 126 valence electrons. The van der Waals surface area contributed by atoms with Crippen LogP contribution in [0.3, 0.4) is 0 Å². The topological polar surface area (TPSA) is 82.6 Å². The van der Waals surface area contributed by atoms with Crippen molar-refractivity contribution in [3.63, 3.8) is 0 Å². The van der Waals surface area contributed by atoms with E-state index < -0.39 is 4.92 Å². The van der Waals surface area contributed by atoms with Crippen LogP contribution in [0.25, 0.3) is 17.0 Å². The van der Waals surface area contributed by atoms with Crippen LogP contribution in [-0.2, 0) is 0 Å². The predicted molar refractivity (Wildman–Crippen MR) is 93.8 cm³/mol. The van der Waals surface area contributed by atoms with E-state index in [0.717, 1.165) is 5.39 Å². The number of furan rings is 1. The Balaban J connectivity index is 1.86. The van der Waals surface area contributed by atoms with E-state index in [2.05, 4.69) is 0 Å². The predicted octanol–water partition coefficient (Wildman–Crippen LogP) is 4.64. The molecular formula is C19H15NO5. The summed E-state index contributed by atoms with van der Waals surface area (Å²) in [6.45, 7) is 2.37. The Morgan fingerprint density at radius 2 is 2.04 bits per heavy atom. The highest BCUT2D eigenvalue weighted by Crippen LogP contribution is 2.29. The third kappa shape index (κ3) is 3.58. The molecular weight excluding hydrogens is 322 g/mol. The van der Waals surface area contributed by atoms with Crippen LogP contribution in [0.15, 0.2) is 59.0 Å². The molecule has 0 N–H and O–H groups in total. The summed E-state index contributed by atoms with van der Waals surface area (Å²) in [7, 11) is 0. The van der Waals surface area contributed by atoms with Gasteiger partial charge in [-0.05, 0) is 30.7 Å². The molecule has 2 aromatic carbocycles. The first kappa shape index (κ1) is 16.4. The Kier molecular flexibility index (Phi) is 4.61. The number of ketones is 1. The molecule has 0 saturated carbocycles. The number of fused-ring (bicyclic) bond motifs is 1. The molecule has 0 fully saturated rings. The van der Waals surface area contributed by atoms with E-state index in [9.17, 15) is 14.9 Å². The summed E-state index contributed by atoms with van der Waals surface area (Å²) in [6, 6.07) is 13.1. The summed E-state index contributed by atoms with van der Waals surface area (Å²) in [5.74, 6) is 0.440. The Labute approximate surface area is 143 Å². The molecule has 6 nitrogen and oxygen atoms in total. The van der Waals surface area contributed by atoms with Gasteiger partial charge in [0.25, 0.3) is 5.69 Å². The minimum absolute atomic E-state index is 0.0281. The minimum Gasteiger partial charge on any atom is -0.490 e. The van der Waals surface area contributed by atoms with Gasteiger partial charge in [0.1, 0.15) is 0 Å².